The van der Waals surface area contributed by atoms with Gasteiger partial charge in [0.1, 0.15) is 0 Å². The van der Waals surface area contributed by atoms with Crippen molar-refractivity contribution in [2.24, 2.45) is 11.7 Å². The molecule has 0 unspecified atom stereocenters. The fraction of sp³-hybridized carbons (Fsp3) is 0.368. The molecule has 9 heteroatoms. The first-order valence-electron chi connectivity index (χ1n) is 8.62. The van der Waals surface area contributed by atoms with Crippen molar-refractivity contribution < 1.29 is 27.8 Å². The molecule has 0 aliphatic heterocycles. The summed E-state index contributed by atoms with van der Waals surface area (Å²) >= 11 is 0. The lowest BCUT2D eigenvalue weighted by atomic mass is 10.1. The maximum absolute atomic E-state index is 11.9. The zero-order valence-corrected chi connectivity index (χ0v) is 15.1. The molecule has 6 nitrogen and oxygen atoms in total. The van der Waals surface area contributed by atoms with Gasteiger partial charge in [-0.05, 0) is 41.5 Å². The van der Waals surface area contributed by atoms with Crippen molar-refractivity contribution >= 4 is 6.03 Å². The van der Waals surface area contributed by atoms with Gasteiger partial charge in [-0.2, -0.15) is 13.2 Å². The van der Waals surface area contributed by atoms with Crippen LogP contribution in [-0.4, -0.2) is 35.5 Å². The van der Waals surface area contributed by atoms with Gasteiger partial charge in [0.25, 0.3) is 0 Å². The number of ether oxygens (including phenoxy) is 1. The van der Waals surface area contributed by atoms with Gasteiger partial charge in [-0.15, -0.1) is 0 Å². The molecule has 1 aliphatic carbocycles. The molecule has 0 saturated heterocycles. The van der Waals surface area contributed by atoms with Gasteiger partial charge in [0.15, 0.2) is 6.61 Å². The third kappa shape index (κ3) is 7.43. The molecule has 28 heavy (non-hydrogen) atoms. The molecule has 1 aromatic heterocycles. The molecular weight excluding hydrogens is 375 g/mol. The largest absolute Gasteiger partial charge is 0.468 e. The number of aliphatic hydroxyl groups excluding tert-OH is 1. The number of aliphatic hydroxyl groups is 1. The molecule has 1 aliphatic rings. The van der Waals surface area contributed by atoms with E-state index in [4.69, 9.17) is 10.8 Å². The topological polar surface area (TPSA) is 97.5 Å². The Labute approximate surface area is 160 Å². The molecule has 0 saturated carbocycles. The Bertz CT molecular complexity index is 759. The van der Waals surface area contributed by atoms with Gasteiger partial charge in [0, 0.05) is 25.4 Å². The van der Waals surface area contributed by atoms with Gasteiger partial charge in [-0.1, -0.05) is 24.3 Å². The zero-order valence-electron chi connectivity index (χ0n) is 15.1. The molecule has 2 amide bonds. The van der Waals surface area contributed by atoms with Crippen molar-refractivity contribution in [1.29, 1.82) is 0 Å². The van der Waals surface area contributed by atoms with Crippen LogP contribution in [0, 0.1) is 5.92 Å². The van der Waals surface area contributed by atoms with Crippen LogP contribution in [0.5, 0.6) is 5.88 Å². The third-order valence-corrected chi connectivity index (χ3v) is 4.04. The quantitative estimate of drug-likeness (QED) is 0.722. The summed E-state index contributed by atoms with van der Waals surface area (Å²) in [7, 11) is 0. The van der Waals surface area contributed by atoms with Crippen molar-refractivity contribution in [3.05, 3.63) is 59.3 Å². The number of nitrogens with two attached hydrogens (primary N) is 1. The molecule has 0 atom stereocenters. The predicted octanol–water partition coefficient (Wildman–Crippen LogP) is 2.58. The van der Waals surface area contributed by atoms with Crippen LogP contribution in [0.1, 0.15) is 16.7 Å². The number of amides is 2. The Balaban J connectivity index is 0.000000218. The van der Waals surface area contributed by atoms with Crippen LogP contribution in [0.3, 0.4) is 0 Å². The Hall–Kier alpha value is -2.81. The van der Waals surface area contributed by atoms with Crippen LogP contribution in [0.25, 0.3) is 0 Å². The first kappa shape index (κ1) is 21.5. The van der Waals surface area contributed by atoms with Crippen LogP contribution >= 0.6 is 0 Å². The summed E-state index contributed by atoms with van der Waals surface area (Å²) in [5.41, 5.74) is 8.23. The van der Waals surface area contributed by atoms with Crippen molar-refractivity contribution in [2.45, 2.75) is 25.6 Å². The first-order valence-corrected chi connectivity index (χ1v) is 8.62. The summed E-state index contributed by atoms with van der Waals surface area (Å²) in [6.07, 6.45) is -1.01. The number of nitrogens with one attached hydrogen (secondary N) is 1. The van der Waals surface area contributed by atoms with E-state index >= 15 is 0 Å². The van der Waals surface area contributed by atoms with E-state index in [0.29, 0.717) is 18.1 Å². The fourth-order valence-electron chi connectivity index (χ4n) is 2.76. The molecule has 1 heterocycles. The highest BCUT2D eigenvalue weighted by Crippen LogP contribution is 2.25. The van der Waals surface area contributed by atoms with Gasteiger partial charge in [0.2, 0.25) is 5.88 Å². The number of carbonyl (C=O) groups excluding carboxylic acids is 1. The lowest BCUT2D eigenvalue weighted by molar-refractivity contribution is -0.154. The highest BCUT2D eigenvalue weighted by Gasteiger charge is 2.28. The number of nitrogens with zero attached hydrogens (tertiary/aromatic N) is 1. The third-order valence-electron chi connectivity index (χ3n) is 4.04. The number of urea groups is 1. The van der Waals surface area contributed by atoms with E-state index < -0.39 is 18.8 Å². The Morgan fingerprint density at radius 2 is 1.89 bits per heavy atom. The number of hydrogen-bond acceptors (Lipinski definition) is 4. The molecule has 152 valence electrons. The molecule has 4 N–H and O–H groups in total. The minimum Gasteiger partial charge on any atom is -0.468 e. The van der Waals surface area contributed by atoms with E-state index in [2.05, 4.69) is 39.3 Å². The highest BCUT2D eigenvalue weighted by molar-refractivity contribution is 5.71. The Morgan fingerprint density at radius 3 is 2.43 bits per heavy atom. The number of primary amides is 1. The van der Waals surface area contributed by atoms with Gasteiger partial charge < -0.3 is 20.9 Å². The average Bonchev–Trinajstić information content (AvgIpc) is 3.08. The number of carbonyl (C=O) groups is 1. The summed E-state index contributed by atoms with van der Waals surface area (Å²) < 4.78 is 40.0. The van der Waals surface area contributed by atoms with Crippen LogP contribution in [0.4, 0.5) is 18.0 Å². The van der Waals surface area contributed by atoms with E-state index in [1.807, 2.05) is 0 Å². The molecular formula is C19H22F3N3O3. The average molecular weight is 397 g/mol. The van der Waals surface area contributed by atoms with Gasteiger partial charge in [-0.25, -0.2) is 9.78 Å². The molecule has 2 aromatic rings. The van der Waals surface area contributed by atoms with Crippen LogP contribution in [0.2, 0.25) is 0 Å². The molecule has 1 aromatic carbocycles. The normalized spacial score (nSPS) is 13.3. The number of hydrogen-bond donors (Lipinski definition) is 3. The van der Waals surface area contributed by atoms with Crippen LogP contribution in [-0.2, 0) is 19.4 Å². The summed E-state index contributed by atoms with van der Waals surface area (Å²) in [5, 5.41) is 11.2. The molecule has 0 radical (unpaired) electrons. The maximum Gasteiger partial charge on any atom is 0.422 e. The van der Waals surface area contributed by atoms with E-state index in [1.165, 1.54) is 29.5 Å². The number of alkyl halides is 3. The predicted molar refractivity (Wildman–Crippen MR) is 96.6 cm³/mol. The highest BCUT2D eigenvalue weighted by atomic mass is 19.4. The lowest BCUT2D eigenvalue weighted by Gasteiger charge is -2.09. The number of aromatic nitrogens is 1. The van der Waals surface area contributed by atoms with Crippen LogP contribution in [0.15, 0.2) is 42.6 Å². The van der Waals surface area contributed by atoms with Gasteiger partial charge >= 0.3 is 12.2 Å². The minimum atomic E-state index is -4.41. The number of rotatable bonds is 5. The molecule has 0 spiro atoms. The van der Waals surface area contributed by atoms with Crippen molar-refractivity contribution in [3.63, 3.8) is 0 Å². The standard InChI is InChI=1S/C10H12O.C9H10F3N3O2/c11-7-8-5-9-3-1-2-4-10(9)6-8;10-9(11,12)5-17-7-3-6(1-2-14-7)4-15-8(13)16/h1-4,8,11H,5-7H2;1-3H,4-5H2,(H3,13,15,16). The Morgan fingerprint density at radius 1 is 1.25 bits per heavy atom. The van der Waals surface area contributed by atoms with Gasteiger partial charge in [0.05, 0.1) is 0 Å². The molecule has 0 fully saturated rings. The van der Waals surface area contributed by atoms with E-state index in [1.54, 1.807) is 0 Å². The maximum atomic E-state index is 11.9. The fourth-order valence-corrected chi connectivity index (χ4v) is 2.76. The zero-order chi connectivity index (χ0) is 20.6. The van der Waals surface area contributed by atoms with Crippen molar-refractivity contribution in [2.75, 3.05) is 13.2 Å². The summed E-state index contributed by atoms with van der Waals surface area (Å²) in [4.78, 5) is 14.0. The van der Waals surface area contributed by atoms with Crippen molar-refractivity contribution in [1.82, 2.24) is 10.3 Å². The first-order chi connectivity index (χ1) is 13.3. The van der Waals surface area contributed by atoms with E-state index in [0.717, 1.165) is 12.8 Å². The van der Waals surface area contributed by atoms with E-state index in [9.17, 15) is 18.0 Å². The van der Waals surface area contributed by atoms with E-state index in [-0.39, 0.29) is 12.4 Å². The number of benzene rings is 1. The summed E-state index contributed by atoms with van der Waals surface area (Å²) in [5.74, 6) is 0.318. The number of fused-ring (bicyclic) bond motifs is 1. The SMILES string of the molecule is NC(=O)NCc1ccnc(OCC(F)(F)F)c1.OCC1Cc2ccccc2C1. The summed E-state index contributed by atoms with van der Waals surface area (Å²) in [6.45, 7) is -0.985. The van der Waals surface area contributed by atoms with Crippen LogP contribution < -0.4 is 15.8 Å². The lowest BCUT2D eigenvalue weighted by Crippen LogP contribution is -2.28. The second-order valence-corrected chi connectivity index (χ2v) is 6.35. The number of halogens is 3. The second kappa shape index (κ2) is 9.93. The van der Waals surface area contributed by atoms with Crippen molar-refractivity contribution in [3.8, 4) is 5.88 Å². The van der Waals surface area contributed by atoms with Gasteiger partial charge in [-0.3, -0.25) is 0 Å². The molecule has 3 rings (SSSR count). The summed E-state index contributed by atoms with van der Waals surface area (Å²) in [6, 6.07) is 10.5. The Kier molecular flexibility index (Phi) is 7.62. The minimum absolute atomic E-state index is 0.0975. The smallest absolute Gasteiger partial charge is 0.422 e. The molecule has 0 bridgehead atoms. The second-order valence-electron chi connectivity index (χ2n) is 6.35. The number of pyridine rings is 1. The monoisotopic (exact) mass is 397 g/mol.